The van der Waals surface area contributed by atoms with Crippen LogP contribution in [-0.4, -0.2) is 21.7 Å². The van der Waals surface area contributed by atoms with Gasteiger partial charge in [0.25, 0.3) is 0 Å². The highest BCUT2D eigenvalue weighted by Gasteiger charge is 2.14. The molecule has 2 aromatic heterocycles. The Bertz CT molecular complexity index is 1240. The normalized spacial score (nSPS) is 11.0. The van der Waals surface area contributed by atoms with E-state index in [0.29, 0.717) is 17.8 Å². The summed E-state index contributed by atoms with van der Waals surface area (Å²) in [6, 6.07) is 15.7. The number of fused-ring (bicyclic) bond motifs is 3. The minimum Gasteiger partial charge on any atom is -0.496 e. The highest BCUT2D eigenvalue weighted by molar-refractivity contribution is 5.92. The van der Waals surface area contributed by atoms with Crippen molar-refractivity contribution in [2.24, 2.45) is 0 Å². The Labute approximate surface area is 149 Å². The Kier molecular flexibility index (Phi) is 3.70. The van der Waals surface area contributed by atoms with Gasteiger partial charge in [0.05, 0.1) is 25.1 Å². The van der Waals surface area contributed by atoms with Crippen LogP contribution in [0.15, 0.2) is 47.3 Å². The molecule has 0 spiro atoms. The first-order chi connectivity index (χ1) is 12.6. The van der Waals surface area contributed by atoms with Crippen LogP contribution in [0.1, 0.15) is 11.1 Å². The zero-order chi connectivity index (χ0) is 18.3. The zero-order valence-corrected chi connectivity index (χ0v) is 14.4. The summed E-state index contributed by atoms with van der Waals surface area (Å²) in [6.07, 6.45) is 0.342. The monoisotopic (exact) mass is 344 g/mol. The van der Waals surface area contributed by atoms with Crippen LogP contribution >= 0.6 is 0 Å². The third kappa shape index (κ3) is 2.42. The number of hydrogen-bond donors (Lipinski definition) is 1. The molecule has 0 atom stereocenters. The molecule has 26 heavy (non-hydrogen) atoms. The topological polar surface area (TPSA) is 83.2 Å². The summed E-state index contributed by atoms with van der Waals surface area (Å²) in [4.78, 5) is 12.2. The second-order valence-electron chi connectivity index (χ2n) is 6.15. The van der Waals surface area contributed by atoms with Gasteiger partial charge in [0.1, 0.15) is 5.75 Å². The molecule has 0 radical (unpaired) electrons. The van der Waals surface area contributed by atoms with Gasteiger partial charge in [-0.15, -0.1) is 0 Å². The van der Waals surface area contributed by atoms with Crippen molar-refractivity contribution in [2.45, 2.75) is 13.3 Å². The van der Waals surface area contributed by atoms with Crippen molar-refractivity contribution in [3.05, 3.63) is 64.1 Å². The lowest BCUT2D eigenvalue weighted by molar-refractivity contribution is 0.417. The summed E-state index contributed by atoms with van der Waals surface area (Å²) in [5.74, 6) is 0.714. The summed E-state index contributed by atoms with van der Waals surface area (Å²) < 4.78 is 7.17. The van der Waals surface area contributed by atoms with E-state index in [1.54, 1.807) is 11.5 Å². The van der Waals surface area contributed by atoms with Crippen molar-refractivity contribution in [2.75, 3.05) is 7.11 Å². The molecule has 0 fully saturated rings. The summed E-state index contributed by atoms with van der Waals surface area (Å²) in [5.41, 5.74) is 4.80. The van der Waals surface area contributed by atoms with Crippen LogP contribution in [-0.2, 0) is 6.42 Å². The molecule has 1 N–H and O–H groups in total. The van der Waals surface area contributed by atoms with Crippen LogP contribution < -0.4 is 10.4 Å². The summed E-state index contributed by atoms with van der Waals surface area (Å²) in [7, 11) is 1.63. The molecule has 0 unspecified atom stereocenters. The van der Waals surface area contributed by atoms with E-state index in [4.69, 9.17) is 10.00 Å². The van der Waals surface area contributed by atoms with Crippen LogP contribution in [0, 0.1) is 18.3 Å². The lowest BCUT2D eigenvalue weighted by atomic mass is 9.98. The molecule has 128 valence electrons. The first-order valence-corrected chi connectivity index (χ1v) is 8.17. The number of nitriles is 1. The number of nitrogens with zero attached hydrogens (tertiary/aromatic N) is 3. The number of aromatic nitrogens is 3. The van der Waals surface area contributed by atoms with Gasteiger partial charge in [0.2, 0.25) is 0 Å². The number of H-pyrrole nitrogens is 1. The number of rotatable bonds is 3. The SMILES string of the molecule is COc1cc2c(C)cc3n[nH]c(=O)n3c2cc1-c1cccc(CC#N)c1. The van der Waals surface area contributed by atoms with Crippen LogP contribution in [0.3, 0.4) is 0 Å². The average molecular weight is 344 g/mol. The van der Waals surface area contributed by atoms with Crippen molar-refractivity contribution in [3.63, 3.8) is 0 Å². The molecule has 0 bridgehead atoms. The lowest BCUT2D eigenvalue weighted by Crippen LogP contribution is -2.10. The van der Waals surface area contributed by atoms with Crippen molar-refractivity contribution in [1.29, 1.82) is 5.26 Å². The molecule has 0 saturated carbocycles. The number of aryl methyl sites for hydroxylation is 1. The first-order valence-electron chi connectivity index (χ1n) is 8.17. The van der Waals surface area contributed by atoms with Crippen LogP contribution in [0.4, 0.5) is 0 Å². The number of aromatic amines is 1. The maximum Gasteiger partial charge on any atom is 0.348 e. The van der Waals surface area contributed by atoms with Crippen molar-refractivity contribution in [3.8, 4) is 22.9 Å². The standard InChI is InChI=1S/C20H16N4O2/c1-12-8-19-22-23-20(25)24(19)17-10-16(18(26-2)11-15(12)17)14-5-3-4-13(9-14)6-7-21/h3-5,8-11H,6H2,1-2H3,(H,23,25). The van der Waals surface area contributed by atoms with Gasteiger partial charge in [-0.05, 0) is 47.9 Å². The number of benzene rings is 2. The largest absolute Gasteiger partial charge is 0.496 e. The number of hydrogen-bond acceptors (Lipinski definition) is 4. The van der Waals surface area contributed by atoms with Crippen molar-refractivity contribution >= 4 is 16.6 Å². The molecule has 0 aliphatic rings. The van der Waals surface area contributed by atoms with E-state index in [0.717, 1.165) is 33.2 Å². The Morgan fingerprint density at radius 1 is 1.27 bits per heavy atom. The molecule has 2 aromatic carbocycles. The molecular weight excluding hydrogens is 328 g/mol. The Hall–Kier alpha value is -3.59. The second kappa shape index (κ2) is 6.05. The molecule has 0 amide bonds. The predicted octanol–water partition coefficient (Wildman–Crippen LogP) is 3.23. The van der Waals surface area contributed by atoms with E-state index < -0.39 is 0 Å². The molecule has 2 heterocycles. The third-order valence-electron chi connectivity index (χ3n) is 4.55. The van der Waals surface area contributed by atoms with E-state index in [9.17, 15) is 4.79 Å². The molecule has 0 aliphatic heterocycles. The molecule has 6 nitrogen and oxygen atoms in total. The fraction of sp³-hybridized carbons (Fsp3) is 0.150. The van der Waals surface area contributed by atoms with E-state index >= 15 is 0 Å². The molecular formula is C20H16N4O2. The molecule has 6 heteroatoms. The zero-order valence-electron chi connectivity index (χ0n) is 14.4. The van der Waals surface area contributed by atoms with E-state index in [1.165, 1.54) is 0 Å². The number of ether oxygens (including phenoxy) is 1. The maximum atomic E-state index is 12.2. The van der Waals surface area contributed by atoms with E-state index in [-0.39, 0.29) is 5.69 Å². The van der Waals surface area contributed by atoms with E-state index in [2.05, 4.69) is 16.3 Å². The number of pyridine rings is 1. The van der Waals surface area contributed by atoms with Gasteiger partial charge in [-0.25, -0.2) is 14.3 Å². The molecule has 4 rings (SSSR count). The van der Waals surface area contributed by atoms with Gasteiger partial charge in [-0.3, -0.25) is 0 Å². The van der Waals surface area contributed by atoms with Gasteiger partial charge < -0.3 is 4.74 Å². The van der Waals surface area contributed by atoms with Gasteiger partial charge in [0, 0.05) is 10.9 Å². The average Bonchev–Trinajstić information content (AvgIpc) is 3.02. The van der Waals surface area contributed by atoms with Gasteiger partial charge >= 0.3 is 5.69 Å². The predicted molar refractivity (Wildman–Crippen MR) is 99.4 cm³/mol. The highest BCUT2D eigenvalue weighted by Crippen LogP contribution is 2.35. The highest BCUT2D eigenvalue weighted by atomic mass is 16.5. The number of methoxy groups -OCH3 is 1. The summed E-state index contributed by atoms with van der Waals surface area (Å²) >= 11 is 0. The molecule has 4 aromatic rings. The second-order valence-corrected chi connectivity index (χ2v) is 6.15. The lowest BCUT2D eigenvalue weighted by Gasteiger charge is -2.13. The summed E-state index contributed by atoms with van der Waals surface area (Å²) in [5, 5.41) is 16.5. The fourth-order valence-electron chi connectivity index (χ4n) is 3.31. The van der Waals surface area contributed by atoms with Gasteiger partial charge in [-0.2, -0.15) is 10.4 Å². The Balaban J connectivity index is 2.08. The van der Waals surface area contributed by atoms with Crippen LogP contribution in [0.2, 0.25) is 0 Å². The first kappa shape index (κ1) is 15.9. The van der Waals surface area contributed by atoms with E-state index in [1.807, 2.05) is 49.4 Å². The van der Waals surface area contributed by atoms with Gasteiger partial charge in [0.15, 0.2) is 5.65 Å². The fourth-order valence-corrected chi connectivity index (χ4v) is 3.31. The Morgan fingerprint density at radius 3 is 2.88 bits per heavy atom. The molecule has 0 aliphatic carbocycles. The van der Waals surface area contributed by atoms with Crippen LogP contribution in [0.25, 0.3) is 27.7 Å². The minimum atomic E-state index is -0.278. The minimum absolute atomic E-state index is 0.278. The maximum absolute atomic E-state index is 12.2. The summed E-state index contributed by atoms with van der Waals surface area (Å²) in [6.45, 7) is 1.98. The van der Waals surface area contributed by atoms with Crippen LogP contribution in [0.5, 0.6) is 5.75 Å². The van der Waals surface area contributed by atoms with Crippen molar-refractivity contribution in [1.82, 2.24) is 14.6 Å². The third-order valence-corrected chi connectivity index (χ3v) is 4.55. The smallest absolute Gasteiger partial charge is 0.348 e. The molecule has 0 saturated heterocycles. The van der Waals surface area contributed by atoms with Gasteiger partial charge in [-0.1, -0.05) is 18.2 Å². The quantitative estimate of drug-likeness (QED) is 0.618. The Morgan fingerprint density at radius 2 is 2.12 bits per heavy atom. The number of nitrogens with one attached hydrogen (secondary N) is 1. The van der Waals surface area contributed by atoms with Crippen molar-refractivity contribution < 1.29 is 4.74 Å².